The van der Waals surface area contributed by atoms with Crippen LogP contribution in [0.15, 0.2) is 41.1 Å². The second-order valence-electron chi connectivity index (χ2n) is 4.22. The number of benzene rings is 1. The molecule has 0 aliphatic heterocycles. The number of halogens is 2. The summed E-state index contributed by atoms with van der Waals surface area (Å²) >= 11 is 9.49. The van der Waals surface area contributed by atoms with Crippen LogP contribution in [-0.2, 0) is 12.8 Å². The van der Waals surface area contributed by atoms with Gasteiger partial charge < -0.3 is 0 Å². The van der Waals surface area contributed by atoms with E-state index in [1.807, 2.05) is 19.1 Å². The molecule has 1 aromatic carbocycles. The first-order valence-electron chi connectivity index (χ1n) is 6.01. The number of aromatic nitrogens is 1. The van der Waals surface area contributed by atoms with Crippen molar-refractivity contribution in [2.45, 2.75) is 19.8 Å². The minimum atomic E-state index is 0.0727. The maximum Gasteiger partial charge on any atom is 0.167 e. The lowest BCUT2D eigenvalue weighted by atomic mass is 9.99. The van der Waals surface area contributed by atoms with E-state index in [9.17, 15) is 4.79 Å². The third-order valence-electron chi connectivity index (χ3n) is 2.95. The fourth-order valence-corrected chi connectivity index (χ4v) is 2.65. The predicted octanol–water partition coefficient (Wildman–Crippen LogP) is 4.49. The first kappa shape index (κ1) is 14.2. The Morgan fingerprint density at radius 2 is 2.11 bits per heavy atom. The molecular weight excluding hydrogens is 326 g/mol. The number of rotatable bonds is 4. The van der Waals surface area contributed by atoms with Crippen LogP contribution in [0.5, 0.6) is 0 Å². The average Bonchev–Trinajstić information content (AvgIpc) is 2.41. The topological polar surface area (TPSA) is 30.0 Å². The number of carbonyl (C=O) groups is 1. The molecule has 0 amide bonds. The molecule has 0 atom stereocenters. The van der Waals surface area contributed by atoms with E-state index in [1.165, 1.54) is 0 Å². The van der Waals surface area contributed by atoms with Crippen LogP contribution in [0.25, 0.3) is 0 Å². The summed E-state index contributed by atoms with van der Waals surface area (Å²) in [5, 5.41) is 0.606. The van der Waals surface area contributed by atoms with Crippen molar-refractivity contribution in [2.24, 2.45) is 0 Å². The average molecular weight is 339 g/mol. The van der Waals surface area contributed by atoms with Gasteiger partial charge in [-0.3, -0.25) is 9.78 Å². The molecule has 0 saturated carbocycles. The van der Waals surface area contributed by atoms with Gasteiger partial charge in [0.1, 0.15) is 0 Å². The maximum atomic E-state index is 12.3. The van der Waals surface area contributed by atoms with E-state index in [1.54, 1.807) is 24.5 Å². The number of hydrogen-bond acceptors (Lipinski definition) is 2. The summed E-state index contributed by atoms with van der Waals surface area (Å²) in [6.45, 7) is 2.01. The van der Waals surface area contributed by atoms with Crippen LogP contribution in [-0.4, -0.2) is 10.8 Å². The molecule has 2 aromatic rings. The Morgan fingerprint density at radius 3 is 2.79 bits per heavy atom. The quantitative estimate of drug-likeness (QED) is 0.769. The summed E-state index contributed by atoms with van der Waals surface area (Å²) < 4.78 is 0.909. The second kappa shape index (κ2) is 6.31. The molecule has 0 aliphatic carbocycles. The van der Waals surface area contributed by atoms with Gasteiger partial charge in [0, 0.05) is 33.9 Å². The molecule has 0 bridgehead atoms. The van der Waals surface area contributed by atoms with Crippen LogP contribution >= 0.6 is 27.5 Å². The smallest absolute Gasteiger partial charge is 0.167 e. The van der Waals surface area contributed by atoms with E-state index < -0.39 is 0 Å². The van der Waals surface area contributed by atoms with Crippen LogP contribution < -0.4 is 0 Å². The zero-order valence-corrected chi connectivity index (χ0v) is 12.8. The fraction of sp³-hybridized carbons (Fsp3) is 0.200. The molecule has 0 N–H and O–H groups in total. The van der Waals surface area contributed by atoms with Gasteiger partial charge >= 0.3 is 0 Å². The molecule has 1 heterocycles. The highest BCUT2D eigenvalue weighted by molar-refractivity contribution is 9.10. The van der Waals surface area contributed by atoms with E-state index in [0.29, 0.717) is 11.4 Å². The molecule has 1 aromatic heterocycles. The van der Waals surface area contributed by atoms with Gasteiger partial charge in [-0.2, -0.15) is 0 Å². The van der Waals surface area contributed by atoms with Crippen LogP contribution in [0, 0.1) is 0 Å². The van der Waals surface area contributed by atoms with Gasteiger partial charge in [-0.05, 0) is 35.7 Å². The molecular formula is C15H13BrClNO. The summed E-state index contributed by atoms with van der Waals surface area (Å²) in [6.07, 6.45) is 4.50. The number of ketones is 1. The number of pyridine rings is 1. The lowest BCUT2D eigenvalue weighted by Gasteiger charge is -2.07. The number of aryl methyl sites for hydroxylation is 1. The summed E-state index contributed by atoms with van der Waals surface area (Å²) in [5.74, 6) is 0.0727. The Balaban J connectivity index is 2.26. The molecule has 0 radical (unpaired) electrons. The monoisotopic (exact) mass is 337 g/mol. The highest BCUT2D eigenvalue weighted by Gasteiger charge is 2.13. The van der Waals surface area contributed by atoms with Crippen molar-refractivity contribution in [2.75, 3.05) is 0 Å². The first-order chi connectivity index (χ1) is 9.11. The molecule has 19 heavy (non-hydrogen) atoms. The van der Waals surface area contributed by atoms with Gasteiger partial charge in [-0.1, -0.05) is 40.5 Å². The van der Waals surface area contributed by atoms with Gasteiger partial charge in [0.2, 0.25) is 0 Å². The van der Waals surface area contributed by atoms with Crippen molar-refractivity contribution in [1.82, 2.24) is 4.98 Å². The number of carbonyl (C=O) groups excluding carboxylic acids is 1. The standard InChI is InChI=1S/C15H13BrClNO/c1-2-10-9-18-6-5-13(10)15(19)7-11-3-4-12(16)8-14(11)17/h3-6,8-9H,2,7H2,1H3. The molecule has 4 heteroatoms. The van der Waals surface area contributed by atoms with E-state index in [4.69, 9.17) is 11.6 Å². The molecule has 0 saturated heterocycles. The van der Waals surface area contributed by atoms with Crippen molar-refractivity contribution in [3.05, 3.63) is 62.8 Å². The van der Waals surface area contributed by atoms with E-state index >= 15 is 0 Å². The Hall–Kier alpha value is -1.19. The maximum absolute atomic E-state index is 12.3. The molecule has 0 unspecified atom stereocenters. The zero-order valence-electron chi connectivity index (χ0n) is 10.5. The minimum absolute atomic E-state index is 0.0727. The SMILES string of the molecule is CCc1cnccc1C(=O)Cc1ccc(Br)cc1Cl. The Morgan fingerprint density at radius 1 is 1.32 bits per heavy atom. The summed E-state index contributed by atoms with van der Waals surface area (Å²) in [7, 11) is 0. The largest absolute Gasteiger partial charge is 0.294 e. The highest BCUT2D eigenvalue weighted by Crippen LogP contribution is 2.23. The molecule has 0 aliphatic rings. The van der Waals surface area contributed by atoms with Gasteiger partial charge in [-0.25, -0.2) is 0 Å². The van der Waals surface area contributed by atoms with Crippen LogP contribution in [0.1, 0.15) is 28.4 Å². The van der Waals surface area contributed by atoms with Gasteiger partial charge in [0.25, 0.3) is 0 Å². The fourth-order valence-electron chi connectivity index (χ4n) is 1.91. The third-order valence-corrected chi connectivity index (χ3v) is 3.80. The molecule has 0 spiro atoms. The van der Waals surface area contributed by atoms with E-state index in [0.717, 1.165) is 27.6 Å². The minimum Gasteiger partial charge on any atom is -0.294 e. The predicted molar refractivity (Wildman–Crippen MR) is 80.8 cm³/mol. The second-order valence-corrected chi connectivity index (χ2v) is 5.54. The van der Waals surface area contributed by atoms with Crippen molar-refractivity contribution in [3.8, 4) is 0 Å². The Kier molecular flexibility index (Phi) is 4.72. The third kappa shape index (κ3) is 3.43. The summed E-state index contributed by atoms with van der Waals surface area (Å²) in [4.78, 5) is 16.4. The molecule has 2 nitrogen and oxygen atoms in total. The van der Waals surface area contributed by atoms with Gasteiger partial charge in [0.15, 0.2) is 5.78 Å². The number of nitrogens with zero attached hydrogens (tertiary/aromatic N) is 1. The van der Waals surface area contributed by atoms with Crippen LogP contribution in [0.3, 0.4) is 0 Å². The van der Waals surface area contributed by atoms with E-state index in [-0.39, 0.29) is 5.78 Å². The summed E-state index contributed by atoms with van der Waals surface area (Å²) in [6, 6.07) is 7.34. The van der Waals surface area contributed by atoms with E-state index in [2.05, 4.69) is 20.9 Å². The van der Waals surface area contributed by atoms with Crippen molar-refractivity contribution < 1.29 is 4.79 Å². The molecule has 0 fully saturated rings. The van der Waals surface area contributed by atoms with Crippen LogP contribution in [0.2, 0.25) is 5.02 Å². The molecule has 2 rings (SSSR count). The van der Waals surface area contributed by atoms with Gasteiger partial charge in [-0.15, -0.1) is 0 Å². The number of hydrogen-bond donors (Lipinski definition) is 0. The first-order valence-corrected chi connectivity index (χ1v) is 7.19. The summed E-state index contributed by atoms with van der Waals surface area (Å²) in [5.41, 5.74) is 2.55. The lowest BCUT2D eigenvalue weighted by molar-refractivity contribution is 0.0992. The van der Waals surface area contributed by atoms with Crippen molar-refractivity contribution >= 4 is 33.3 Å². The number of Topliss-reactive ketones (excluding diaryl/α,β-unsaturated/α-hetero) is 1. The van der Waals surface area contributed by atoms with Crippen LogP contribution in [0.4, 0.5) is 0 Å². The molecule has 98 valence electrons. The lowest BCUT2D eigenvalue weighted by Crippen LogP contribution is -2.07. The Bertz CT molecular complexity index is 613. The van der Waals surface area contributed by atoms with Gasteiger partial charge in [0.05, 0.1) is 0 Å². The zero-order chi connectivity index (χ0) is 13.8. The van der Waals surface area contributed by atoms with Crippen molar-refractivity contribution in [3.63, 3.8) is 0 Å². The van der Waals surface area contributed by atoms with Crippen molar-refractivity contribution in [1.29, 1.82) is 0 Å². The normalized spacial score (nSPS) is 10.5. The highest BCUT2D eigenvalue weighted by atomic mass is 79.9. The Labute approximate surface area is 126 Å².